The number of carbonyl (C=O) groups is 2. The Hall–Kier alpha value is -2.98. The molecule has 0 saturated heterocycles. The number of nitrogens with zero attached hydrogens (tertiary/aromatic N) is 2. The van der Waals surface area contributed by atoms with Crippen molar-refractivity contribution >= 4 is 62.3 Å². The molecule has 8 nitrogen and oxygen atoms in total. The van der Waals surface area contributed by atoms with Crippen molar-refractivity contribution in [2.45, 2.75) is 25.9 Å². The highest BCUT2D eigenvalue weighted by atomic mass is 35.5. The Morgan fingerprint density at radius 2 is 1.57 bits per heavy atom. The summed E-state index contributed by atoms with van der Waals surface area (Å²) in [7, 11) is -2.49. The molecule has 40 heavy (non-hydrogen) atoms. The van der Waals surface area contributed by atoms with E-state index in [1.54, 1.807) is 31.2 Å². The molecule has 214 valence electrons. The number of hydrogen-bond donors (Lipinski definition) is 1. The minimum absolute atomic E-state index is 0.00321. The van der Waals surface area contributed by atoms with Crippen LogP contribution in [0.15, 0.2) is 66.7 Å². The zero-order chi connectivity index (χ0) is 29.4. The van der Waals surface area contributed by atoms with E-state index in [9.17, 15) is 18.0 Å². The Bertz CT molecular complexity index is 1450. The number of likely N-dealkylation sites (N-methyl/N-ethyl adjacent to an activating group) is 1. The van der Waals surface area contributed by atoms with Crippen molar-refractivity contribution < 1.29 is 22.7 Å². The van der Waals surface area contributed by atoms with Crippen LogP contribution in [0.3, 0.4) is 0 Å². The fourth-order valence-corrected chi connectivity index (χ4v) is 5.66. The van der Waals surface area contributed by atoms with Crippen molar-refractivity contribution in [1.82, 2.24) is 10.2 Å². The lowest BCUT2D eigenvalue weighted by atomic mass is 10.0. The minimum atomic E-state index is -4.02. The fourth-order valence-electron chi connectivity index (χ4n) is 4.11. The molecule has 12 heteroatoms. The first kappa shape index (κ1) is 31.5. The second kappa shape index (κ2) is 14.1. The monoisotopic (exact) mass is 625 g/mol. The maximum Gasteiger partial charge on any atom is 0.244 e. The number of benzene rings is 3. The predicted octanol–water partition coefficient (Wildman–Crippen LogP) is 5.20. The number of carbonyl (C=O) groups excluding carboxylic acids is 2. The van der Waals surface area contributed by atoms with Crippen LogP contribution in [0.5, 0.6) is 5.75 Å². The van der Waals surface area contributed by atoms with Crippen LogP contribution in [0, 0.1) is 0 Å². The molecule has 0 spiro atoms. The SMILES string of the molecule is CCNC(=O)C(Cc1ccccc1)N(Cc1cccc(OC)c1)C(=O)CN(c1cc(Cl)c(Cl)cc1Cl)S(C)(=O)=O. The Kier molecular flexibility index (Phi) is 11.1. The van der Waals surface area contributed by atoms with E-state index in [4.69, 9.17) is 39.5 Å². The molecule has 0 aromatic heterocycles. The van der Waals surface area contributed by atoms with Crippen molar-refractivity contribution in [1.29, 1.82) is 0 Å². The summed E-state index contributed by atoms with van der Waals surface area (Å²) in [5, 5.41) is 3.00. The second-order valence-electron chi connectivity index (χ2n) is 8.96. The average molecular weight is 627 g/mol. The van der Waals surface area contributed by atoms with Gasteiger partial charge in [0.15, 0.2) is 0 Å². The third kappa shape index (κ3) is 8.27. The summed E-state index contributed by atoms with van der Waals surface area (Å²) < 4.78 is 32.0. The van der Waals surface area contributed by atoms with Crippen LogP contribution in [0.25, 0.3) is 0 Å². The van der Waals surface area contributed by atoms with Gasteiger partial charge < -0.3 is 15.0 Å². The molecule has 0 bridgehead atoms. The highest BCUT2D eigenvalue weighted by molar-refractivity contribution is 7.92. The van der Waals surface area contributed by atoms with Crippen LogP contribution in [-0.2, 0) is 32.6 Å². The molecule has 0 saturated carbocycles. The molecule has 3 aromatic carbocycles. The maximum absolute atomic E-state index is 14.0. The standard InChI is InChI=1S/C28H30Cl3N3O5S/c1-4-32-28(36)26(14-19-9-6-5-7-10-19)33(17-20-11-8-12-21(13-20)39-2)27(35)18-34(40(3,37)38)25-16-23(30)22(29)15-24(25)31/h5-13,15-16,26H,4,14,17-18H2,1-3H3,(H,32,36). The lowest BCUT2D eigenvalue weighted by molar-refractivity contribution is -0.140. The van der Waals surface area contributed by atoms with Gasteiger partial charge in [-0.25, -0.2) is 8.42 Å². The molecule has 1 N–H and O–H groups in total. The van der Waals surface area contributed by atoms with E-state index in [0.717, 1.165) is 16.1 Å². The van der Waals surface area contributed by atoms with Gasteiger partial charge in [0, 0.05) is 19.5 Å². The summed E-state index contributed by atoms with van der Waals surface area (Å²) in [5.41, 5.74) is 1.51. The Morgan fingerprint density at radius 3 is 2.20 bits per heavy atom. The molecule has 0 fully saturated rings. The Balaban J connectivity index is 2.09. The molecule has 1 atom stereocenters. The second-order valence-corrected chi connectivity index (χ2v) is 12.1. The predicted molar refractivity (Wildman–Crippen MR) is 160 cm³/mol. The van der Waals surface area contributed by atoms with Crippen molar-refractivity contribution in [2.75, 3.05) is 30.8 Å². The number of halogens is 3. The number of nitrogens with one attached hydrogen (secondary N) is 1. The largest absolute Gasteiger partial charge is 0.497 e. The molecular formula is C28H30Cl3N3O5S. The first-order valence-electron chi connectivity index (χ1n) is 12.3. The number of sulfonamides is 1. The summed E-state index contributed by atoms with van der Waals surface area (Å²) in [6.07, 6.45) is 1.16. The van der Waals surface area contributed by atoms with E-state index in [1.807, 2.05) is 30.3 Å². The smallest absolute Gasteiger partial charge is 0.244 e. The molecule has 2 amide bonds. The van der Waals surface area contributed by atoms with Gasteiger partial charge in [-0.2, -0.15) is 0 Å². The molecule has 3 rings (SSSR count). The third-order valence-corrected chi connectivity index (χ3v) is 8.20. The number of anilines is 1. The lowest BCUT2D eigenvalue weighted by Crippen LogP contribution is -2.53. The van der Waals surface area contributed by atoms with E-state index in [1.165, 1.54) is 24.1 Å². The van der Waals surface area contributed by atoms with Crippen LogP contribution in [0.4, 0.5) is 5.69 Å². The van der Waals surface area contributed by atoms with Crippen LogP contribution in [0.2, 0.25) is 15.1 Å². The van der Waals surface area contributed by atoms with E-state index >= 15 is 0 Å². The number of amides is 2. The molecule has 1 unspecified atom stereocenters. The third-order valence-electron chi connectivity index (χ3n) is 6.05. The van der Waals surface area contributed by atoms with E-state index in [-0.39, 0.29) is 39.6 Å². The van der Waals surface area contributed by atoms with E-state index < -0.39 is 28.5 Å². The summed E-state index contributed by atoms with van der Waals surface area (Å²) in [6, 6.07) is 18.0. The van der Waals surface area contributed by atoms with Crippen LogP contribution < -0.4 is 14.4 Å². The van der Waals surface area contributed by atoms with Gasteiger partial charge in [0.1, 0.15) is 18.3 Å². The van der Waals surface area contributed by atoms with Gasteiger partial charge in [-0.1, -0.05) is 77.3 Å². The number of hydrogen-bond acceptors (Lipinski definition) is 5. The van der Waals surface area contributed by atoms with Crippen molar-refractivity contribution in [3.05, 3.63) is 92.9 Å². The van der Waals surface area contributed by atoms with E-state index in [0.29, 0.717) is 17.9 Å². The number of rotatable bonds is 12. The van der Waals surface area contributed by atoms with Crippen LogP contribution >= 0.6 is 34.8 Å². The van der Waals surface area contributed by atoms with Gasteiger partial charge in [-0.15, -0.1) is 0 Å². The van der Waals surface area contributed by atoms with Crippen molar-refractivity contribution in [3.8, 4) is 5.75 Å². The normalized spacial score (nSPS) is 11.9. The highest BCUT2D eigenvalue weighted by Gasteiger charge is 2.33. The Labute approximate surface area is 249 Å². The summed E-state index contributed by atoms with van der Waals surface area (Å²) in [6.45, 7) is 1.51. The summed E-state index contributed by atoms with van der Waals surface area (Å²) in [4.78, 5) is 28.8. The van der Waals surface area contributed by atoms with Crippen molar-refractivity contribution in [3.63, 3.8) is 0 Å². The van der Waals surface area contributed by atoms with Crippen LogP contribution in [0.1, 0.15) is 18.1 Å². The topological polar surface area (TPSA) is 96.0 Å². The van der Waals surface area contributed by atoms with Gasteiger partial charge in [-0.3, -0.25) is 13.9 Å². The molecular weight excluding hydrogens is 597 g/mol. The molecule has 0 heterocycles. The molecule has 0 aliphatic rings. The van der Waals surface area contributed by atoms with Gasteiger partial charge in [0.25, 0.3) is 0 Å². The quantitative estimate of drug-likeness (QED) is 0.279. The van der Waals surface area contributed by atoms with Crippen LogP contribution in [-0.4, -0.2) is 57.6 Å². The number of ether oxygens (including phenoxy) is 1. The van der Waals surface area contributed by atoms with E-state index in [2.05, 4.69) is 5.32 Å². The first-order chi connectivity index (χ1) is 18.9. The maximum atomic E-state index is 14.0. The molecule has 0 radical (unpaired) electrons. The van der Waals surface area contributed by atoms with Gasteiger partial charge in [0.2, 0.25) is 21.8 Å². The first-order valence-corrected chi connectivity index (χ1v) is 15.3. The minimum Gasteiger partial charge on any atom is -0.497 e. The number of methoxy groups -OCH3 is 1. The van der Waals surface area contributed by atoms with Crippen molar-refractivity contribution in [2.24, 2.45) is 0 Å². The van der Waals surface area contributed by atoms with Gasteiger partial charge in [0.05, 0.1) is 34.1 Å². The van der Waals surface area contributed by atoms with Gasteiger partial charge in [-0.05, 0) is 42.3 Å². The Morgan fingerprint density at radius 1 is 0.925 bits per heavy atom. The summed E-state index contributed by atoms with van der Waals surface area (Å²) >= 11 is 18.5. The highest BCUT2D eigenvalue weighted by Crippen LogP contribution is 2.35. The molecule has 0 aliphatic heterocycles. The zero-order valence-electron chi connectivity index (χ0n) is 22.2. The summed E-state index contributed by atoms with van der Waals surface area (Å²) in [5.74, 6) is -0.425. The average Bonchev–Trinajstić information content (AvgIpc) is 2.91. The molecule has 3 aromatic rings. The lowest BCUT2D eigenvalue weighted by Gasteiger charge is -2.33. The molecule has 0 aliphatic carbocycles. The zero-order valence-corrected chi connectivity index (χ0v) is 25.3. The van der Waals surface area contributed by atoms with Gasteiger partial charge >= 0.3 is 0 Å². The fraction of sp³-hybridized carbons (Fsp3) is 0.286.